The molecule has 0 aromatic heterocycles. The van der Waals surface area contributed by atoms with E-state index in [1.807, 2.05) is 0 Å². The number of piperazine rings is 1. The highest BCUT2D eigenvalue weighted by Crippen LogP contribution is 2.29. The van der Waals surface area contributed by atoms with Crippen molar-refractivity contribution in [2.24, 2.45) is 5.73 Å². The molecule has 2 fully saturated rings. The van der Waals surface area contributed by atoms with Crippen LogP contribution in [0.2, 0.25) is 0 Å². The number of hydrogen-bond donors (Lipinski definition) is 1. The van der Waals surface area contributed by atoms with Crippen LogP contribution in [-0.4, -0.2) is 36.5 Å². The first-order valence-corrected chi connectivity index (χ1v) is 7.03. The van der Waals surface area contributed by atoms with Gasteiger partial charge >= 0.3 is 0 Å². The zero-order valence-electron chi connectivity index (χ0n) is 11.4. The van der Waals surface area contributed by atoms with Gasteiger partial charge in [0.15, 0.2) is 0 Å². The Labute approximate surface area is 114 Å². The fourth-order valence-corrected chi connectivity index (χ4v) is 3.22. The molecule has 1 unspecified atom stereocenters. The number of carbonyl (C=O) groups is 1. The van der Waals surface area contributed by atoms with E-state index in [2.05, 4.69) is 34.9 Å². The van der Waals surface area contributed by atoms with Crippen LogP contribution < -0.4 is 10.6 Å². The minimum absolute atomic E-state index is 0.327. The Morgan fingerprint density at radius 2 is 2.21 bits per heavy atom. The van der Waals surface area contributed by atoms with Crippen LogP contribution >= 0.6 is 0 Å². The monoisotopic (exact) mass is 259 g/mol. The van der Waals surface area contributed by atoms with E-state index in [1.54, 1.807) is 0 Å². The highest BCUT2D eigenvalue weighted by atomic mass is 16.2. The van der Waals surface area contributed by atoms with Crippen molar-refractivity contribution in [2.45, 2.75) is 32.4 Å². The number of hydrogen-bond acceptors (Lipinski definition) is 3. The largest absolute Gasteiger partial charge is 0.367 e. The lowest BCUT2D eigenvalue weighted by Gasteiger charge is -2.39. The minimum atomic E-state index is 0.327. The van der Waals surface area contributed by atoms with Gasteiger partial charge in [-0.05, 0) is 30.5 Å². The summed E-state index contributed by atoms with van der Waals surface area (Å²) in [4.78, 5) is 16.2. The third-order valence-electron chi connectivity index (χ3n) is 4.30. The molecule has 3 rings (SSSR count). The van der Waals surface area contributed by atoms with E-state index in [-0.39, 0.29) is 0 Å². The Balaban J connectivity index is 1.84. The number of anilines is 1. The number of aryl methyl sites for hydroxylation is 1. The van der Waals surface area contributed by atoms with Gasteiger partial charge in [0.05, 0.1) is 0 Å². The molecule has 2 N–H and O–H groups in total. The Bertz CT molecular complexity index is 500. The van der Waals surface area contributed by atoms with Crippen LogP contribution in [-0.2, 0) is 11.3 Å². The molecule has 0 spiro atoms. The lowest BCUT2D eigenvalue weighted by atomic mass is 10.1. The first kappa shape index (κ1) is 12.5. The lowest BCUT2D eigenvalue weighted by molar-refractivity contribution is -0.129. The van der Waals surface area contributed by atoms with Gasteiger partial charge in [-0.1, -0.05) is 12.1 Å². The van der Waals surface area contributed by atoms with Crippen molar-refractivity contribution in [2.75, 3.05) is 24.5 Å². The molecule has 1 aromatic carbocycles. The lowest BCUT2D eigenvalue weighted by Crippen LogP contribution is -2.51. The van der Waals surface area contributed by atoms with Crippen LogP contribution in [0.25, 0.3) is 0 Å². The maximum Gasteiger partial charge on any atom is 0.223 e. The molecular weight excluding hydrogens is 238 g/mol. The fourth-order valence-electron chi connectivity index (χ4n) is 3.22. The van der Waals surface area contributed by atoms with E-state index in [0.717, 1.165) is 32.5 Å². The summed E-state index contributed by atoms with van der Waals surface area (Å²) in [7, 11) is 0. The molecule has 102 valence electrons. The van der Waals surface area contributed by atoms with Crippen LogP contribution in [0, 0.1) is 6.92 Å². The Hall–Kier alpha value is -1.55. The van der Waals surface area contributed by atoms with Crippen molar-refractivity contribution in [1.82, 2.24) is 4.90 Å². The van der Waals surface area contributed by atoms with E-state index in [9.17, 15) is 4.79 Å². The van der Waals surface area contributed by atoms with Gasteiger partial charge in [0, 0.05) is 44.3 Å². The summed E-state index contributed by atoms with van der Waals surface area (Å²) in [6.45, 7) is 5.39. The molecule has 0 saturated carbocycles. The van der Waals surface area contributed by atoms with Crippen molar-refractivity contribution in [1.29, 1.82) is 0 Å². The average Bonchev–Trinajstić information content (AvgIpc) is 2.80. The maximum absolute atomic E-state index is 11.7. The quantitative estimate of drug-likeness (QED) is 0.870. The molecule has 4 heteroatoms. The molecule has 4 nitrogen and oxygen atoms in total. The minimum Gasteiger partial charge on any atom is -0.367 e. The zero-order valence-corrected chi connectivity index (χ0v) is 11.4. The van der Waals surface area contributed by atoms with E-state index in [0.29, 0.717) is 18.5 Å². The molecule has 1 amide bonds. The standard InChI is InChI=1S/C15H21N3O/c1-11-2-3-12(9-16)14(8-11)17-6-7-18-13(10-17)4-5-15(18)19/h2-3,8,13H,4-7,9-10,16H2,1H3. The summed E-state index contributed by atoms with van der Waals surface area (Å²) in [6.07, 6.45) is 1.72. The number of carbonyl (C=O) groups excluding carboxylic acids is 1. The topological polar surface area (TPSA) is 49.6 Å². The highest BCUT2D eigenvalue weighted by molar-refractivity contribution is 5.79. The highest BCUT2D eigenvalue weighted by Gasteiger charge is 2.35. The number of benzene rings is 1. The van der Waals surface area contributed by atoms with Crippen LogP contribution in [0.15, 0.2) is 18.2 Å². The van der Waals surface area contributed by atoms with E-state index in [1.165, 1.54) is 16.8 Å². The van der Waals surface area contributed by atoms with E-state index >= 15 is 0 Å². The molecule has 2 heterocycles. The fraction of sp³-hybridized carbons (Fsp3) is 0.533. The number of nitrogens with two attached hydrogens (primary N) is 1. The number of nitrogens with zero attached hydrogens (tertiary/aromatic N) is 2. The van der Waals surface area contributed by atoms with Gasteiger partial charge in [0.2, 0.25) is 5.91 Å². The number of fused-ring (bicyclic) bond motifs is 1. The average molecular weight is 259 g/mol. The summed E-state index contributed by atoms with van der Waals surface area (Å²) in [6, 6.07) is 6.85. The number of rotatable bonds is 2. The first-order chi connectivity index (χ1) is 9.19. The third kappa shape index (κ3) is 2.21. The van der Waals surface area contributed by atoms with Gasteiger partial charge < -0.3 is 15.5 Å². The molecule has 2 aliphatic rings. The van der Waals surface area contributed by atoms with Crippen LogP contribution in [0.5, 0.6) is 0 Å². The summed E-state index contributed by atoms with van der Waals surface area (Å²) < 4.78 is 0. The van der Waals surface area contributed by atoms with Gasteiger partial charge in [0.1, 0.15) is 0 Å². The SMILES string of the molecule is Cc1ccc(CN)c(N2CCN3C(=O)CCC3C2)c1. The molecular formula is C15H21N3O. The van der Waals surface area contributed by atoms with Crippen molar-refractivity contribution < 1.29 is 4.79 Å². The molecule has 2 saturated heterocycles. The zero-order chi connectivity index (χ0) is 13.4. The van der Waals surface area contributed by atoms with Crippen molar-refractivity contribution in [3.63, 3.8) is 0 Å². The summed E-state index contributed by atoms with van der Waals surface area (Å²) in [5, 5.41) is 0. The van der Waals surface area contributed by atoms with Crippen molar-refractivity contribution >= 4 is 11.6 Å². The predicted octanol–water partition coefficient (Wildman–Crippen LogP) is 1.26. The first-order valence-electron chi connectivity index (χ1n) is 7.03. The summed E-state index contributed by atoms with van der Waals surface area (Å²) >= 11 is 0. The van der Waals surface area contributed by atoms with E-state index < -0.39 is 0 Å². The predicted molar refractivity (Wildman–Crippen MR) is 76.0 cm³/mol. The molecule has 1 aromatic rings. The van der Waals surface area contributed by atoms with Crippen LogP contribution in [0.3, 0.4) is 0 Å². The Kier molecular flexibility index (Phi) is 3.19. The molecule has 1 atom stereocenters. The molecule has 2 aliphatic heterocycles. The van der Waals surface area contributed by atoms with Crippen LogP contribution in [0.4, 0.5) is 5.69 Å². The second-order valence-electron chi connectivity index (χ2n) is 5.56. The maximum atomic E-state index is 11.7. The van der Waals surface area contributed by atoms with Gasteiger partial charge in [-0.2, -0.15) is 0 Å². The van der Waals surface area contributed by atoms with Gasteiger partial charge in [-0.15, -0.1) is 0 Å². The molecule has 0 bridgehead atoms. The van der Waals surface area contributed by atoms with Crippen molar-refractivity contribution in [3.8, 4) is 0 Å². The second-order valence-corrected chi connectivity index (χ2v) is 5.56. The summed E-state index contributed by atoms with van der Waals surface area (Å²) in [5.41, 5.74) is 9.56. The Morgan fingerprint density at radius 1 is 1.37 bits per heavy atom. The second kappa shape index (κ2) is 4.85. The van der Waals surface area contributed by atoms with Gasteiger partial charge in [-0.3, -0.25) is 4.79 Å². The number of amides is 1. The van der Waals surface area contributed by atoms with E-state index in [4.69, 9.17) is 5.73 Å². The van der Waals surface area contributed by atoms with Gasteiger partial charge in [0.25, 0.3) is 0 Å². The van der Waals surface area contributed by atoms with Crippen LogP contribution in [0.1, 0.15) is 24.0 Å². The molecule has 19 heavy (non-hydrogen) atoms. The third-order valence-corrected chi connectivity index (χ3v) is 4.30. The smallest absolute Gasteiger partial charge is 0.223 e. The Morgan fingerprint density at radius 3 is 3.00 bits per heavy atom. The molecule has 0 aliphatic carbocycles. The summed E-state index contributed by atoms with van der Waals surface area (Å²) in [5.74, 6) is 0.327. The van der Waals surface area contributed by atoms with Gasteiger partial charge in [-0.25, -0.2) is 0 Å². The molecule has 0 radical (unpaired) electrons. The normalized spacial score (nSPS) is 22.8. The van der Waals surface area contributed by atoms with Crippen molar-refractivity contribution in [3.05, 3.63) is 29.3 Å².